The van der Waals surface area contributed by atoms with Crippen molar-refractivity contribution in [3.05, 3.63) is 16.1 Å². The number of aliphatic imine (C=N–C) groups is 1. The summed E-state index contributed by atoms with van der Waals surface area (Å²) in [5.74, 6) is 1.56. The lowest BCUT2D eigenvalue weighted by Crippen LogP contribution is -2.29. The Labute approximate surface area is 119 Å². The summed E-state index contributed by atoms with van der Waals surface area (Å²) in [5, 5.41) is 0. The van der Waals surface area contributed by atoms with Crippen LogP contribution in [0.1, 0.15) is 49.3 Å². The monoisotopic (exact) mass is 325 g/mol. The summed E-state index contributed by atoms with van der Waals surface area (Å²) in [5.41, 5.74) is 9.90. The van der Waals surface area contributed by atoms with E-state index in [2.05, 4.69) is 31.3 Å². The van der Waals surface area contributed by atoms with Crippen molar-refractivity contribution in [2.45, 2.75) is 37.8 Å². The van der Waals surface area contributed by atoms with E-state index in [4.69, 9.17) is 5.73 Å². The average molecular weight is 326 g/mol. The van der Waals surface area contributed by atoms with Crippen molar-refractivity contribution in [2.75, 3.05) is 5.43 Å². The van der Waals surface area contributed by atoms with Crippen LogP contribution in [-0.4, -0.2) is 22.3 Å². The lowest BCUT2D eigenvalue weighted by atomic mass is 9.82. The van der Waals surface area contributed by atoms with Gasteiger partial charge in [-0.1, -0.05) is 0 Å². The molecule has 0 aromatic carbocycles. The zero-order chi connectivity index (χ0) is 13.4. The number of aldehydes is 1. The van der Waals surface area contributed by atoms with Gasteiger partial charge in [-0.3, -0.25) is 5.43 Å². The Hall–Kier alpha value is -1.21. The Morgan fingerprint density at radius 1 is 1.42 bits per heavy atom. The minimum absolute atomic E-state index is 0.215. The van der Waals surface area contributed by atoms with Crippen LogP contribution in [0.15, 0.2) is 9.60 Å². The summed E-state index contributed by atoms with van der Waals surface area (Å²) in [4.78, 5) is 19.5. The molecule has 1 aromatic heterocycles. The maximum absolute atomic E-state index is 10.8. The highest BCUT2D eigenvalue weighted by Gasteiger charge is 2.30. The van der Waals surface area contributed by atoms with Crippen LogP contribution in [0.5, 0.6) is 0 Å². The highest BCUT2D eigenvalue weighted by Crippen LogP contribution is 2.37. The molecule has 0 spiro atoms. The van der Waals surface area contributed by atoms with Gasteiger partial charge in [-0.2, -0.15) is 0 Å². The van der Waals surface area contributed by atoms with Crippen molar-refractivity contribution in [1.29, 1.82) is 0 Å². The molecule has 2 aliphatic rings. The van der Waals surface area contributed by atoms with Gasteiger partial charge >= 0.3 is 0 Å². The molecule has 7 heteroatoms. The van der Waals surface area contributed by atoms with E-state index in [1.807, 2.05) is 4.68 Å². The zero-order valence-corrected chi connectivity index (χ0v) is 12.0. The molecule has 0 saturated heterocycles. The molecule has 0 bridgehead atoms. The molecule has 1 aliphatic heterocycles. The second kappa shape index (κ2) is 5.05. The zero-order valence-electron chi connectivity index (χ0n) is 10.4. The smallest absolute Gasteiger partial charge is 0.144 e. The number of imidazole rings is 1. The van der Waals surface area contributed by atoms with Crippen LogP contribution in [-0.2, 0) is 4.79 Å². The van der Waals surface area contributed by atoms with Crippen molar-refractivity contribution >= 4 is 28.6 Å². The predicted octanol–water partition coefficient (Wildman–Crippen LogP) is 1.66. The fourth-order valence-electron chi connectivity index (χ4n) is 2.84. The number of carbonyl (C=O) groups is 1. The highest BCUT2D eigenvalue weighted by atomic mass is 79.9. The Kier molecular flexibility index (Phi) is 3.40. The molecule has 2 heterocycles. The summed E-state index contributed by atoms with van der Waals surface area (Å²) < 4.78 is 2.67. The molecule has 1 saturated carbocycles. The molecular weight excluding hydrogens is 310 g/mol. The van der Waals surface area contributed by atoms with Crippen molar-refractivity contribution in [2.24, 2.45) is 16.6 Å². The van der Waals surface area contributed by atoms with Gasteiger partial charge in [0.1, 0.15) is 34.9 Å². The number of nitrogens with zero attached hydrogens (tertiary/aromatic N) is 3. The minimum Gasteiger partial charge on any atom is -0.305 e. The molecule has 1 atom stereocenters. The lowest BCUT2D eigenvalue weighted by Gasteiger charge is -2.26. The van der Waals surface area contributed by atoms with Crippen LogP contribution in [0.4, 0.5) is 0 Å². The number of nitrogens with two attached hydrogens (primary N) is 1. The van der Waals surface area contributed by atoms with E-state index < -0.39 is 0 Å². The van der Waals surface area contributed by atoms with E-state index in [-0.39, 0.29) is 12.1 Å². The van der Waals surface area contributed by atoms with Gasteiger partial charge in [0.15, 0.2) is 0 Å². The third-order valence-electron chi connectivity index (χ3n) is 3.93. The third-order valence-corrected chi connectivity index (χ3v) is 4.51. The first-order chi connectivity index (χ1) is 9.20. The van der Waals surface area contributed by atoms with Gasteiger partial charge < -0.3 is 10.5 Å². The van der Waals surface area contributed by atoms with Crippen LogP contribution >= 0.6 is 15.9 Å². The summed E-state index contributed by atoms with van der Waals surface area (Å²) >= 11 is 3.45. The fraction of sp³-hybridized carbons (Fsp3) is 0.583. The Morgan fingerprint density at radius 2 is 2.16 bits per heavy atom. The Balaban J connectivity index is 1.87. The number of aromatic nitrogens is 2. The second-order valence-electron chi connectivity index (χ2n) is 5.08. The highest BCUT2D eigenvalue weighted by molar-refractivity contribution is 9.10. The SMILES string of the molecule is NC1N=CNn2c(C3CCC(C=O)CC3)nc(Br)c21. The van der Waals surface area contributed by atoms with Gasteiger partial charge in [0.05, 0.1) is 0 Å². The normalized spacial score (nSPS) is 29.7. The molecule has 19 heavy (non-hydrogen) atoms. The van der Waals surface area contributed by atoms with E-state index in [1.165, 1.54) is 0 Å². The molecule has 3 rings (SSSR count). The molecule has 1 unspecified atom stereocenters. The lowest BCUT2D eigenvalue weighted by molar-refractivity contribution is -0.111. The van der Waals surface area contributed by atoms with Crippen molar-refractivity contribution in [3.63, 3.8) is 0 Å². The molecule has 1 aliphatic carbocycles. The number of rotatable bonds is 2. The topological polar surface area (TPSA) is 85.3 Å². The number of nitrogens with one attached hydrogen (secondary N) is 1. The first-order valence-electron chi connectivity index (χ1n) is 6.47. The van der Waals surface area contributed by atoms with E-state index in [9.17, 15) is 4.79 Å². The largest absolute Gasteiger partial charge is 0.305 e. The van der Waals surface area contributed by atoms with Gasteiger partial charge in [0, 0.05) is 11.8 Å². The van der Waals surface area contributed by atoms with Gasteiger partial charge in [-0.25, -0.2) is 14.7 Å². The molecule has 6 nitrogen and oxygen atoms in total. The first-order valence-corrected chi connectivity index (χ1v) is 7.27. The van der Waals surface area contributed by atoms with Gasteiger partial charge in [-0.05, 0) is 41.6 Å². The van der Waals surface area contributed by atoms with Crippen LogP contribution in [0.25, 0.3) is 0 Å². The summed E-state index contributed by atoms with van der Waals surface area (Å²) in [7, 11) is 0. The second-order valence-corrected chi connectivity index (χ2v) is 5.83. The van der Waals surface area contributed by atoms with Crippen molar-refractivity contribution in [3.8, 4) is 0 Å². The van der Waals surface area contributed by atoms with Crippen LogP contribution < -0.4 is 11.2 Å². The van der Waals surface area contributed by atoms with E-state index in [0.717, 1.165) is 48.1 Å². The molecular formula is C12H16BrN5O. The van der Waals surface area contributed by atoms with Gasteiger partial charge in [-0.15, -0.1) is 0 Å². The standard InChI is InChI=1S/C12H16BrN5O/c13-10-9-11(14)15-6-16-18(9)12(17-10)8-3-1-7(5-19)2-4-8/h5-8,11H,1-4,14H2,(H,15,16). The summed E-state index contributed by atoms with van der Waals surface area (Å²) in [6.45, 7) is 0. The van der Waals surface area contributed by atoms with Gasteiger partial charge in [0.25, 0.3) is 0 Å². The molecule has 0 amide bonds. The molecule has 1 aromatic rings. The molecule has 3 N–H and O–H groups in total. The Morgan fingerprint density at radius 3 is 2.84 bits per heavy atom. The number of halogens is 1. The van der Waals surface area contributed by atoms with Gasteiger partial charge in [0.2, 0.25) is 0 Å². The quantitative estimate of drug-likeness (QED) is 0.810. The molecule has 0 radical (unpaired) electrons. The number of carbonyl (C=O) groups excluding carboxylic acids is 1. The minimum atomic E-state index is -0.386. The van der Waals surface area contributed by atoms with E-state index in [0.29, 0.717) is 5.92 Å². The van der Waals surface area contributed by atoms with E-state index in [1.54, 1.807) is 6.34 Å². The molecule has 1 fully saturated rings. The number of hydrogen-bond acceptors (Lipinski definition) is 5. The average Bonchev–Trinajstić information content (AvgIpc) is 2.78. The van der Waals surface area contributed by atoms with E-state index >= 15 is 0 Å². The van der Waals surface area contributed by atoms with Crippen LogP contribution in [0.3, 0.4) is 0 Å². The number of fused-ring (bicyclic) bond motifs is 1. The predicted molar refractivity (Wildman–Crippen MR) is 75.5 cm³/mol. The maximum Gasteiger partial charge on any atom is 0.144 e. The number of hydrogen-bond donors (Lipinski definition) is 2. The third kappa shape index (κ3) is 2.21. The first kappa shape index (κ1) is 12.8. The van der Waals surface area contributed by atoms with Crippen molar-refractivity contribution < 1.29 is 4.79 Å². The summed E-state index contributed by atoms with van der Waals surface area (Å²) in [6, 6.07) is 0. The van der Waals surface area contributed by atoms with Crippen LogP contribution in [0, 0.1) is 5.92 Å². The van der Waals surface area contributed by atoms with Crippen molar-refractivity contribution in [1.82, 2.24) is 9.66 Å². The van der Waals surface area contributed by atoms with Crippen LogP contribution in [0.2, 0.25) is 0 Å². The fourth-order valence-corrected chi connectivity index (χ4v) is 3.44. The summed E-state index contributed by atoms with van der Waals surface area (Å²) in [6.07, 6.45) is 6.15. The molecule has 102 valence electrons. The Bertz CT molecular complexity index is 518. The maximum atomic E-state index is 10.8.